The average molecular weight is 289 g/mol. The van der Waals surface area contributed by atoms with Crippen molar-refractivity contribution in [3.05, 3.63) is 29.3 Å². The molecule has 0 amide bonds. The van der Waals surface area contributed by atoms with Crippen LogP contribution in [0, 0.1) is 5.92 Å². The third-order valence-electron chi connectivity index (χ3n) is 3.55. The van der Waals surface area contributed by atoms with Crippen LogP contribution in [0.1, 0.15) is 25.7 Å². The van der Waals surface area contributed by atoms with E-state index in [-0.39, 0.29) is 27.7 Å². The number of halogens is 1. The Kier molecular flexibility index (Phi) is 4.30. The second-order valence-electron chi connectivity index (χ2n) is 4.80. The molecule has 1 fully saturated rings. The third kappa shape index (κ3) is 3.05. The van der Waals surface area contributed by atoms with Gasteiger partial charge in [0.05, 0.1) is 21.8 Å². The van der Waals surface area contributed by atoms with E-state index in [0.717, 1.165) is 19.3 Å². The molecule has 0 saturated heterocycles. The molecule has 2 atom stereocenters. The van der Waals surface area contributed by atoms with Gasteiger partial charge in [-0.3, -0.25) is 0 Å². The normalized spacial score (nSPS) is 24.3. The standard InChI is InChI=1S/C13H17ClO3S/c14-11-5-1-2-7-13(11)18(16,17)9-8-10-4-3-6-12(10)15/h1-2,5,7,10,12,15H,3-4,6,8-9H2. The highest BCUT2D eigenvalue weighted by atomic mass is 35.5. The molecule has 5 heteroatoms. The topological polar surface area (TPSA) is 54.4 Å². The second-order valence-corrected chi connectivity index (χ2v) is 7.28. The van der Waals surface area contributed by atoms with Gasteiger partial charge in [-0.25, -0.2) is 8.42 Å². The van der Waals surface area contributed by atoms with Crippen LogP contribution in [0.5, 0.6) is 0 Å². The van der Waals surface area contributed by atoms with Gasteiger partial charge in [-0.1, -0.05) is 30.2 Å². The summed E-state index contributed by atoms with van der Waals surface area (Å²) in [6.45, 7) is 0. The minimum absolute atomic E-state index is 0.0540. The molecule has 100 valence electrons. The summed E-state index contributed by atoms with van der Waals surface area (Å²) in [7, 11) is -3.34. The lowest BCUT2D eigenvalue weighted by molar-refractivity contribution is 0.131. The molecule has 1 aliphatic carbocycles. The maximum Gasteiger partial charge on any atom is 0.179 e. The minimum atomic E-state index is -3.34. The molecule has 0 radical (unpaired) electrons. The lowest BCUT2D eigenvalue weighted by Crippen LogP contribution is -2.18. The summed E-state index contributed by atoms with van der Waals surface area (Å²) in [4.78, 5) is 0.194. The summed E-state index contributed by atoms with van der Waals surface area (Å²) in [5, 5.41) is 9.96. The van der Waals surface area contributed by atoms with Gasteiger partial charge in [0, 0.05) is 0 Å². The fraction of sp³-hybridized carbons (Fsp3) is 0.538. The summed E-state index contributed by atoms with van der Waals surface area (Å²) in [6.07, 6.45) is 2.86. The molecule has 1 aromatic rings. The lowest BCUT2D eigenvalue weighted by atomic mass is 10.0. The molecular weight excluding hydrogens is 272 g/mol. The summed E-state index contributed by atoms with van der Waals surface area (Å²) < 4.78 is 24.3. The molecule has 1 aliphatic rings. The molecule has 1 N–H and O–H groups in total. The van der Waals surface area contributed by atoms with Crippen LogP contribution in [0.3, 0.4) is 0 Å². The smallest absolute Gasteiger partial charge is 0.179 e. The zero-order chi connectivity index (χ0) is 13.2. The Morgan fingerprint density at radius 3 is 2.61 bits per heavy atom. The monoisotopic (exact) mass is 288 g/mol. The predicted octanol–water partition coefficient (Wildman–Crippen LogP) is 2.66. The van der Waals surface area contributed by atoms with E-state index in [1.165, 1.54) is 6.07 Å². The molecule has 0 aromatic heterocycles. The van der Waals surface area contributed by atoms with Gasteiger partial charge in [0.1, 0.15) is 0 Å². The summed E-state index contributed by atoms with van der Waals surface area (Å²) in [5.41, 5.74) is 0. The Hall–Kier alpha value is -0.580. The first-order valence-electron chi connectivity index (χ1n) is 6.16. The Labute approximate surface area is 113 Å². The average Bonchev–Trinajstić information content (AvgIpc) is 2.73. The second kappa shape index (κ2) is 5.59. The number of aliphatic hydroxyl groups excluding tert-OH is 1. The zero-order valence-corrected chi connectivity index (χ0v) is 11.6. The molecule has 2 rings (SSSR count). The molecule has 0 spiro atoms. The summed E-state index contributed by atoms with van der Waals surface area (Å²) >= 11 is 5.90. The van der Waals surface area contributed by atoms with Gasteiger partial charge in [0.25, 0.3) is 0 Å². The van der Waals surface area contributed by atoms with Crippen LogP contribution in [0.4, 0.5) is 0 Å². The van der Waals surface area contributed by atoms with Crippen LogP contribution in [0.2, 0.25) is 5.02 Å². The van der Waals surface area contributed by atoms with E-state index < -0.39 is 9.84 Å². The molecule has 0 bridgehead atoms. The quantitative estimate of drug-likeness (QED) is 0.927. The Morgan fingerprint density at radius 2 is 2.00 bits per heavy atom. The fourth-order valence-corrected chi connectivity index (χ4v) is 4.44. The third-order valence-corrected chi connectivity index (χ3v) is 5.79. The van der Waals surface area contributed by atoms with Crippen molar-refractivity contribution < 1.29 is 13.5 Å². The minimum Gasteiger partial charge on any atom is -0.393 e. The van der Waals surface area contributed by atoms with E-state index in [1.807, 2.05) is 0 Å². The van der Waals surface area contributed by atoms with Crippen LogP contribution in [-0.2, 0) is 9.84 Å². The van der Waals surface area contributed by atoms with E-state index in [1.54, 1.807) is 18.2 Å². The molecule has 1 saturated carbocycles. The van der Waals surface area contributed by atoms with Crippen molar-refractivity contribution in [3.8, 4) is 0 Å². The number of benzene rings is 1. The van der Waals surface area contributed by atoms with Crippen molar-refractivity contribution in [1.82, 2.24) is 0 Å². The van der Waals surface area contributed by atoms with Gasteiger partial charge in [-0.15, -0.1) is 0 Å². The van der Waals surface area contributed by atoms with Crippen molar-refractivity contribution in [2.75, 3.05) is 5.75 Å². The summed E-state index contributed by atoms with van der Waals surface area (Å²) in [6, 6.07) is 6.49. The highest BCUT2D eigenvalue weighted by Crippen LogP contribution is 2.30. The van der Waals surface area contributed by atoms with E-state index in [0.29, 0.717) is 6.42 Å². The molecule has 1 aromatic carbocycles. The SMILES string of the molecule is O=S(=O)(CCC1CCCC1O)c1ccccc1Cl. The van der Waals surface area contributed by atoms with Gasteiger partial charge in [0.15, 0.2) is 9.84 Å². The van der Waals surface area contributed by atoms with Gasteiger partial charge in [0.2, 0.25) is 0 Å². The van der Waals surface area contributed by atoms with E-state index in [9.17, 15) is 13.5 Å². The Balaban J connectivity index is 2.06. The first-order valence-corrected chi connectivity index (χ1v) is 8.19. The van der Waals surface area contributed by atoms with Crippen molar-refractivity contribution in [3.63, 3.8) is 0 Å². The van der Waals surface area contributed by atoms with Crippen molar-refractivity contribution in [1.29, 1.82) is 0 Å². The fourth-order valence-electron chi connectivity index (χ4n) is 2.47. The van der Waals surface area contributed by atoms with Crippen LogP contribution in [0.25, 0.3) is 0 Å². The van der Waals surface area contributed by atoms with Crippen LogP contribution < -0.4 is 0 Å². The number of hydrogen-bond donors (Lipinski definition) is 1. The Bertz CT molecular complexity index is 513. The van der Waals surface area contributed by atoms with E-state index in [2.05, 4.69) is 0 Å². The molecule has 2 unspecified atom stereocenters. The largest absolute Gasteiger partial charge is 0.393 e. The molecular formula is C13H17ClO3S. The van der Waals surface area contributed by atoms with Gasteiger partial charge < -0.3 is 5.11 Å². The molecule has 3 nitrogen and oxygen atoms in total. The number of rotatable bonds is 4. The molecule has 0 aliphatic heterocycles. The highest BCUT2D eigenvalue weighted by molar-refractivity contribution is 7.91. The zero-order valence-electron chi connectivity index (χ0n) is 10.0. The van der Waals surface area contributed by atoms with Crippen molar-refractivity contribution in [2.45, 2.75) is 36.7 Å². The van der Waals surface area contributed by atoms with Crippen molar-refractivity contribution in [2.24, 2.45) is 5.92 Å². The predicted molar refractivity (Wildman–Crippen MR) is 71.5 cm³/mol. The lowest BCUT2D eigenvalue weighted by Gasteiger charge is -2.14. The number of sulfone groups is 1. The van der Waals surface area contributed by atoms with Gasteiger partial charge in [-0.05, 0) is 37.3 Å². The van der Waals surface area contributed by atoms with E-state index in [4.69, 9.17) is 11.6 Å². The van der Waals surface area contributed by atoms with Crippen LogP contribution in [-0.4, -0.2) is 25.4 Å². The number of aliphatic hydroxyl groups is 1. The highest BCUT2D eigenvalue weighted by Gasteiger charge is 2.27. The van der Waals surface area contributed by atoms with Gasteiger partial charge in [-0.2, -0.15) is 0 Å². The number of hydrogen-bond acceptors (Lipinski definition) is 3. The first-order chi connectivity index (χ1) is 8.50. The molecule has 0 heterocycles. The Morgan fingerprint density at radius 1 is 1.28 bits per heavy atom. The van der Waals surface area contributed by atoms with E-state index >= 15 is 0 Å². The maximum atomic E-state index is 12.2. The summed E-state index contributed by atoms with van der Waals surface area (Å²) in [5.74, 6) is 0.167. The molecule has 18 heavy (non-hydrogen) atoms. The van der Waals surface area contributed by atoms with Crippen LogP contribution >= 0.6 is 11.6 Å². The first kappa shape index (κ1) is 13.8. The van der Waals surface area contributed by atoms with Gasteiger partial charge >= 0.3 is 0 Å². The van der Waals surface area contributed by atoms with Crippen LogP contribution in [0.15, 0.2) is 29.2 Å². The maximum absolute atomic E-state index is 12.2. The van der Waals surface area contributed by atoms with Crippen molar-refractivity contribution >= 4 is 21.4 Å².